The van der Waals surface area contributed by atoms with Crippen LogP contribution in [-0.2, 0) is 20.7 Å². The molecule has 0 aliphatic carbocycles. The standard InChI is InChI=1S/C18H23NO2S2/c1-3-4-8-15-22(17-9-6-5-7-10-17)19-23(20,21)18-13-11-16(2)12-14-18/h5-7,9-14H,3-4,8,15H2,1-2H3. The molecule has 0 saturated carbocycles. The summed E-state index contributed by atoms with van der Waals surface area (Å²) < 4.78 is 29.5. The number of nitrogens with zero attached hydrogens (tertiary/aromatic N) is 1. The van der Waals surface area contributed by atoms with Crippen molar-refractivity contribution in [2.24, 2.45) is 3.77 Å². The Balaban J connectivity index is 2.36. The van der Waals surface area contributed by atoms with Crippen molar-refractivity contribution in [1.29, 1.82) is 0 Å². The van der Waals surface area contributed by atoms with Gasteiger partial charge in [0, 0.05) is 10.6 Å². The second-order valence-corrected chi connectivity index (χ2v) is 9.08. The summed E-state index contributed by atoms with van der Waals surface area (Å²) in [6.07, 6.45) is 3.19. The van der Waals surface area contributed by atoms with Crippen LogP contribution in [0.1, 0.15) is 31.7 Å². The monoisotopic (exact) mass is 349 g/mol. The highest BCUT2D eigenvalue weighted by Crippen LogP contribution is 2.19. The lowest BCUT2D eigenvalue weighted by molar-refractivity contribution is 0.598. The third-order valence-corrected chi connectivity index (χ3v) is 7.33. The van der Waals surface area contributed by atoms with Gasteiger partial charge in [-0.05, 0) is 37.6 Å². The fraction of sp³-hybridized carbons (Fsp3) is 0.333. The first-order chi connectivity index (χ1) is 11.0. The van der Waals surface area contributed by atoms with Gasteiger partial charge >= 0.3 is 0 Å². The average Bonchev–Trinajstić information content (AvgIpc) is 2.55. The van der Waals surface area contributed by atoms with Crippen LogP contribution in [0.2, 0.25) is 0 Å². The summed E-state index contributed by atoms with van der Waals surface area (Å²) in [6.45, 7) is 4.08. The van der Waals surface area contributed by atoms with Crippen molar-refractivity contribution in [3.63, 3.8) is 0 Å². The number of hydrogen-bond acceptors (Lipinski definition) is 2. The van der Waals surface area contributed by atoms with E-state index in [0.29, 0.717) is 0 Å². The van der Waals surface area contributed by atoms with E-state index in [4.69, 9.17) is 0 Å². The van der Waals surface area contributed by atoms with E-state index < -0.39 is 20.7 Å². The van der Waals surface area contributed by atoms with Crippen molar-refractivity contribution in [3.8, 4) is 0 Å². The van der Waals surface area contributed by atoms with Crippen LogP contribution in [0.4, 0.5) is 0 Å². The molecule has 2 aromatic rings. The lowest BCUT2D eigenvalue weighted by Crippen LogP contribution is -2.04. The predicted molar refractivity (Wildman–Crippen MR) is 97.3 cm³/mol. The summed E-state index contributed by atoms with van der Waals surface area (Å²) in [4.78, 5) is 1.26. The topological polar surface area (TPSA) is 46.5 Å². The molecule has 0 saturated heterocycles. The minimum absolute atomic E-state index is 0.270. The lowest BCUT2D eigenvalue weighted by atomic mass is 10.2. The Hall–Kier alpha value is -1.46. The minimum Gasteiger partial charge on any atom is -0.199 e. The van der Waals surface area contributed by atoms with Crippen molar-refractivity contribution in [3.05, 3.63) is 60.2 Å². The quantitative estimate of drug-likeness (QED) is 0.678. The van der Waals surface area contributed by atoms with E-state index in [1.165, 1.54) is 0 Å². The molecule has 0 aliphatic rings. The van der Waals surface area contributed by atoms with Crippen LogP contribution in [0.15, 0.2) is 68.2 Å². The Kier molecular flexibility index (Phi) is 6.54. The maximum absolute atomic E-state index is 12.6. The van der Waals surface area contributed by atoms with Crippen molar-refractivity contribution < 1.29 is 8.42 Å². The number of rotatable bonds is 7. The van der Waals surface area contributed by atoms with Crippen LogP contribution in [0, 0.1) is 6.92 Å². The molecule has 2 rings (SSSR count). The zero-order valence-corrected chi connectivity index (χ0v) is 15.2. The lowest BCUT2D eigenvalue weighted by Gasteiger charge is -2.09. The van der Waals surface area contributed by atoms with Gasteiger partial charge in [0.2, 0.25) is 0 Å². The van der Waals surface area contributed by atoms with Gasteiger partial charge in [0.15, 0.2) is 0 Å². The van der Waals surface area contributed by atoms with Crippen LogP contribution in [0.25, 0.3) is 0 Å². The second-order valence-electron chi connectivity index (χ2n) is 5.45. The molecule has 5 heteroatoms. The highest BCUT2D eigenvalue weighted by atomic mass is 32.3. The van der Waals surface area contributed by atoms with Crippen LogP contribution < -0.4 is 0 Å². The molecule has 0 fully saturated rings. The highest BCUT2D eigenvalue weighted by molar-refractivity contribution is 8.00. The van der Waals surface area contributed by atoms with Crippen LogP contribution >= 0.6 is 0 Å². The summed E-state index contributed by atoms with van der Waals surface area (Å²) in [6, 6.07) is 16.6. The Morgan fingerprint density at radius 2 is 1.61 bits per heavy atom. The molecule has 2 aromatic carbocycles. The van der Waals surface area contributed by atoms with Crippen molar-refractivity contribution in [2.75, 3.05) is 5.75 Å². The zero-order chi connectivity index (χ0) is 16.7. The molecular formula is C18H23NO2S2. The summed E-state index contributed by atoms with van der Waals surface area (Å²) in [7, 11) is -4.25. The van der Waals surface area contributed by atoms with Crippen LogP contribution in [0.5, 0.6) is 0 Å². The maximum atomic E-state index is 12.6. The number of benzene rings is 2. The van der Waals surface area contributed by atoms with E-state index in [1.807, 2.05) is 37.3 Å². The Morgan fingerprint density at radius 1 is 0.957 bits per heavy atom. The molecular weight excluding hydrogens is 326 g/mol. The van der Waals surface area contributed by atoms with Gasteiger partial charge in [0.25, 0.3) is 10.0 Å². The molecule has 0 bridgehead atoms. The first kappa shape index (κ1) is 17.9. The average molecular weight is 350 g/mol. The Bertz CT molecular complexity index is 751. The van der Waals surface area contributed by atoms with Gasteiger partial charge in [-0.2, -0.15) is 8.42 Å². The highest BCUT2D eigenvalue weighted by Gasteiger charge is 2.14. The molecule has 0 heterocycles. The van der Waals surface area contributed by atoms with Gasteiger partial charge in [-0.15, -0.1) is 3.77 Å². The SMILES string of the molecule is CCCCCS(=NS(=O)(=O)c1ccc(C)cc1)c1ccccc1. The normalized spacial score (nSPS) is 13.1. The summed E-state index contributed by atoms with van der Waals surface area (Å²) in [5, 5.41) is 0. The molecule has 124 valence electrons. The number of aryl methyl sites for hydroxylation is 1. The van der Waals surface area contributed by atoms with Crippen LogP contribution in [0.3, 0.4) is 0 Å². The molecule has 0 radical (unpaired) electrons. The number of hydrogen-bond donors (Lipinski definition) is 0. The van der Waals surface area contributed by atoms with Crippen molar-refractivity contribution >= 4 is 20.7 Å². The van der Waals surface area contributed by atoms with Gasteiger partial charge in [-0.25, -0.2) is 0 Å². The molecule has 1 unspecified atom stereocenters. The predicted octanol–water partition coefficient (Wildman–Crippen LogP) is 4.73. The van der Waals surface area contributed by atoms with E-state index in [9.17, 15) is 8.42 Å². The van der Waals surface area contributed by atoms with Crippen LogP contribution in [-0.4, -0.2) is 14.2 Å². The van der Waals surface area contributed by atoms with Gasteiger partial charge < -0.3 is 0 Å². The third kappa shape index (κ3) is 5.29. The van der Waals surface area contributed by atoms with E-state index in [2.05, 4.69) is 10.7 Å². The molecule has 0 aromatic heterocycles. The zero-order valence-electron chi connectivity index (χ0n) is 13.6. The van der Waals surface area contributed by atoms with Gasteiger partial charge in [0.05, 0.1) is 4.90 Å². The molecule has 0 spiro atoms. The molecule has 23 heavy (non-hydrogen) atoms. The minimum atomic E-state index is -3.62. The van der Waals surface area contributed by atoms with Gasteiger partial charge in [-0.3, -0.25) is 0 Å². The third-order valence-electron chi connectivity index (χ3n) is 3.46. The molecule has 0 N–H and O–H groups in total. The fourth-order valence-corrected chi connectivity index (χ4v) is 5.74. The largest absolute Gasteiger partial charge is 0.288 e. The molecule has 0 amide bonds. The van der Waals surface area contributed by atoms with E-state index >= 15 is 0 Å². The first-order valence-corrected chi connectivity index (χ1v) is 10.6. The van der Waals surface area contributed by atoms with Gasteiger partial charge in [0.1, 0.15) is 0 Å². The molecule has 0 aliphatic heterocycles. The molecule has 1 atom stereocenters. The Morgan fingerprint density at radius 3 is 2.22 bits per heavy atom. The maximum Gasteiger partial charge on any atom is 0.288 e. The van der Waals surface area contributed by atoms with E-state index in [-0.39, 0.29) is 4.90 Å². The second kappa shape index (κ2) is 8.41. The fourth-order valence-electron chi connectivity index (χ4n) is 2.14. The summed E-state index contributed by atoms with van der Waals surface area (Å²) >= 11 is 0. The number of unbranched alkanes of at least 4 members (excludes halogenated alkanes) is 2. The van der Waals surface area contributed by atoms with Crippen molar-refractivity contribution in [2.45, 2.75) is 42.9 Å². The molecule has 3 nitrogen and oxygen atoms in total. The number of sulfonamides is 1. The van der Waals surface area contributed by atoms with E-state index in [0.717, 1.165) is 35.5 Å². The van der Waals surface area contributed by atoms with Crippen molar-refractivity contribution in [1.82, 2.24) is 0 Å². The first-order valence-electron chi connectivity index (χ1n) is 7.83. The summed E-state index contributed by atoms with van der Waals surface area (Å²) in [5.74, 6) is 0.781. The van der Waals surface area contributed by atoms with Gasteiger partial charge in [-0.1, -0.05) is 66.4 Å². The van der Waals surface area contributed by atoms with E-state index in [1.54, 1.807) is 24.3 Å². The Labute approximate surface area is 141 Å². The smallest absolute Gasteiger partial charge is 0.199 e. The summed E-state index contributed by atoms with van der Waals surface area (Å²) in [5.41, 5.74) is 1.04.